The molecule has 2 aromatic rings. The van der Waals surface area contributed by atoms with E-state index in [4.69, 9.17) is 4.74 Å². The van der Waals surface area contributed by atoms with Crippen molar-refractivity contribution in [2.45, 2.75) is 97.2 Å². The van der Waals surface area contributed by atoms with E-state index in [-0.39, 0.29) is 58.0 Å². The summed E-state index contributed by atoms with van der Waals surface area (Å²) in [5.41, 5.74) is 5.16. The van der Waals surface area contributed by atoms with E-state index in [1.165, 1.54) is 35.9 Å². The summed E-state index contributed by atoms with van der Waals surface area (Å²) < 4.78 is 31.7. The molecule has 0 bridgehead atoms. The van der Waals surface area contributed by atoms with Crippen LogP contribution in [0, 0.1) is 5.41 Å². The summed E-state index contributed by atoms with van der Waals surface area (Å²) in [6.07, 6.45) is 3.54. The van der Waals surface area contributed by atoms with E-state index in [0.29, 0.717) is 11.5 Å². The Morgan fingerprint density at radius 1 is 1.05 bits per heavy atom. The minimum absolute atomic E-state index is 0. The molecule has 1 unspecified atom stereocenters. The monoisotopic (exact) mass is 687 g/mol. The fraction of sp³-hybridized carbons (Fsp3) is 0.567. The maximum atomic E-state index is 12.0. The van der Waals surface area contributed by atoms with Gasteiger partial charge in [-0.05, 0) is 55.2 Å². The minimum Gasteiger partial charge on any atom is -1.00 e. The van der Waals surface area contributed by atoms with Crippen LogP contribution >= 0.6 is 0 Å². The Morgan fingerprint density at radius 3 is 1.97 bits per heavy atom. The predicted octanol–water partition coefficient (Wildman–Crippen LogP) is -0.477. The molecule has 5 nitrogen and oxygen atoms in total. The molecule has 1 heterocycles. The molecule has 3 rings (SSSR count). The van der Waals surface area contributed by atoms with Crippen molar-refractivity contribution in [3.63, 3.8) is 0 Å². The molecular formula is C30H47Cl2N2O3RuS. The summed E-state index contributed by atoms with van der Waals surface area (Å²) in [4.78, 5) is 0.288. The Balaban J connectivity index is 0.000000706. The standard InChI is InChI=1S/C18H29N.C11H16NO3S.CH2.2ClH.Ru/c1-7-13-10-9-11-14(8-2)15(13)16-17(3,4)12-18(5,6)19-16;1-9(2)15-10-5-7-11(8-6-10)16(13,14)12(3)4;;;;/h9-11,16,19H,7-8,12H2,1-6H3;5,7-9H,1-4H3;1H2;2*1H;/q;;;;;+2/p-2. The van der Waals surface area contributed by atoms with Crippen molar-refractivity contribution < 1.29 is 54.6 Å². The van der Waals surface area contributed by atoms with E-state index in [1.807, 2.05) is 13.8 Å². The van der Waals surface area contributed by atoms with E-state index in [2.05, 4.69) is 70.2 Å². The Labute approximate surface area is 257 Å². The number of sulfonamides is 1. The second-order valence-corrected chi connectivity index (χ2v) is 15.2. The molecule has 0 aliphatic carbocycles. The second-order valence-electron chi connectivity index (χ2n) is 11.5. The van der Waals surface area contributed by atoms with Crippen LogP contribution in [0.5, 0.6) is 5.75 Å². The summed E-state index contributed by atoms with van der Waals surface area (Å²) in [7, 11) is -0.352. The van der Waals surface area contributed by atoms with Gasteiger partial charge in [0, 0.05) is 11.6 Å². The summed E-state index contributed by atoms with van der Waals surface area (Å²) in [6, 6.07) is 12.3. The van der Waals surface area contributed by atoms with E-state index in [9.17, 15) is 8.42 Å². The first kappa shape index (κ1) is 38.2. The van der Waals surface area contributed by atoms with E-state index in [0.717, 1.165) is 22.7 Å². The van der Waals surface area contributed by atoms with Crippen LogP contribution in [0.1, 0.15) is 84.5 Å². The first-order chi connectivity index (χ1) is 17.1. The first-order valence-electron chi connectivity index (χ1n) is 13.1. The third kappa shape index (κ3) is 9.62. The Kier molecular flexibility index (Phi) is 15.1. The number of aryl methyl sites for hydroxylation is 2. The maximum Gasteiger partial charge on any atom is -1.00 e. The van der Waals surface area contributed by atoms with Crippen LogP contribution in [0.15, 0.2) is 41.3 Å². The van der Waals surface area contributed by atoms with Crippen molar-refractivity contribution in [3.8, 4) is 5.75 Å². The van der Waals surface area contributed by atoms with Crippen molar-refractivity contribution >= 4 is 19.3 Å². The van der Waals surface area contributed by atoms with Crippen LogP contribution in [0.2, 0.25) is 0 Å². The number of hydrogen-bond acceptors (Lipinski definition) is 4. The van der Waals surface area contributed by atoms with E-state index in [1.54, 1.807) is 23.8 Å². The van der Waals surface area contributed by atoms with Crippen molar-refractivity contribution in [1.82, 2.24) is 9.62 Å². The van der Waals surface area contributed by atoms with Gasteiger partial charge < -0.3 is 30.1 Å². The van der Waals surface area contributed by atoms with Crippen molar-refractivity contribution in [3.05, 3.63) is 53.1 Å². The van der Waals surface area contributed by atoms with Gasteiger partial charge in [-0.2, -0.15) is 0 Å². The second kappa shape index (κ2) is 15.4. The van der Waals surface area contributed by atoms with Gasteiger partial charge in [-0.15, -0.1) is 0 Å². The molecule has 0 saturated carbocycles. The third-order valence-corrected chi connectivity index (χ3v) is 9.87. The van der Waals surface area contributed by atoms with Gasteiger partial charge in [-0.25, -0.2) is 0 Å². The quantitative estimate of drug-likeness (QED) is 0.382. The molecule has 0 radical (unpaired) electrons. The molecule has 0 spiro atoms. The van der Waals surface area contributed by atoms with Crippen LogP contribution in [0.4, 0.5) is 0 Å². The van der Waals surface area contributed by atoms with Gasteiger partial charge in [0.2, 0.25) is 0 Å². The van der Waals surface area contributed by atoms with Gasteiger partial charge in [0.05, 0.1) is 0 Å². The average Bonchev–Trinajstić information content (AvgIpc) is 3.04. The molecule has 1 saturated heterocycles. The van der Waals surface area contributed by atoms with Gasteiger partial charge in [-0.1, -0.05) is 45.9 Å². The smallest absolute Gasteiger partial charge is 1.00 e. The van der Waals surface area contributed by atoms with Crippen LogP contribution in [0.3, 0.4) is 0 Å². The van der Waals surface area contributed by atoms with Crippen LogP contribution in [-0.4, -0.2) is 43.6 Å². The van der Waals surface area contributed by atoms with Gasteiger partial charge in [0.15, 0.2) is 0 Å². The van der Waals surface area contributed by atoms with Gasteiger partial charge in [-0.3, -0.25) is 0 Å². The van der Waals surface area contributed by atoms with Gasteiger partial charge in [0.25, 0.3) is 0 Å². The predicted molar refractivity (Wildman–Crippen MR) is 153 cm³/mol. The molecule has 9 heteroatoms. The number of halogens is 2. The zero-order chi connectivity index (χ0) is 28.2. The molecular weight excluding hydrogens is 640 g/mol. The maximum absolute atomic E-state index is 12.0. The average molecular weight is 688 g/mol. The zero-order valence-corrected chi connectivity index (χ0v) is 29.2. The fourth-order valence-electron chi connectivity index (χ4n) is 5.29. The molecule has 223 valence electrons. The number of nitrogens with zero attached hydrogens (tertiary/aromatic N) is 1. The fourth-order valence-corrected chi connectivity index (χ4v) is 7.38. The summed E-state index contributed by atoms with van der Waals surface area (Å²) in [5.74, 6) is 0.732. The number of nitrogens with one attached hydrogen (secondary N) is 1. The molecule has 2 aromatic carbocycles. The SMILES string of the molecule is CCc1cccc(CC)c1C1NC(C)(C)CC1(C)C.[CH2]=[Ru+2][c]1cc(S(=O)(=O)N(C)C)ccc1OC(C)C.[Cl-].[Cl-]. The molecule has 0 aromatic heterocycles. The summed E-state index contributed by atoms with van der Waals surface area (Å²) in [6.45, 7) is 17.9. The Morgan fingerprint density at radius 2 is 1.59 bits per heavy atom. The molecule has 39 heavy (non-hydrogen) atoms. The van der Waals surface area contributed by atoms with Gasteiger partial charge >= 0.3 is 116 Å². The van der Waals surface area contributed by atoms with Crippen molar-refractivity contribution in [1.29, 1.82) is 0 Å². The van der Waals surface area contributed by atoms with Crippen LogP contribution < -0.4 is 39.0 Å². The van der Waals surface area contributed by atoms with E-state index >= 15 is 0 Å². The van der Waals surface area contributed by atoms with Crippen LogP contribution in [0.25, 0.3) is 0 Å². The zero-order valence-electron chi connectivity index (χ0n) is 25.1. The number of ether oxygens (including phenoxy) is 1. The molecule has 1 N–H and O–H groups in total. The van der Waals surface area contributed by atoms with Crippen molar-refractivity contribution in [2.24, 2.45) is 5.41 Å². The van der Waals surface area contributed by atoms with Crippen molar-refractivity contribution in [2.75, 3.05) is 14.1 Å². The number of hydrogen-bond donors (Lipinski definition) is 1. The first-order valence-corrected chi connectivity index (χ1v) is 16.6. The largest absolute Gasteiger partial charge is 1.00 e. The van der Waals surface area contributed by atoms with Crippen LogP contribution in [-0.2, 0) is 39.5 Å². The molecule has 1 aliphatic rings. The minimum atomic E-state index is -3.39. The molecule has 1 aliphatic heterocycles. The molecule has 1 fully saturated rings. The molecule has 0 amide bonds. The van der Waals surface area contributed by atoms with Gasteiger partial charge in [0.1, 0.15) is 0 Å². The summed E-state index contributed by atoms with van der Waals surface area (Å²) >= 11 is -0.310. The normalized spacial score (nSPS) is 17.5. The Bertz CT molecular complexity index is 1180. The number of benzene rings is 2. The van der Waals surface area contributed by atoms with E-state index < -0.39 is 10.0 Å². The third-order valence-electron chi connectivity index (χ3n) is 6.72. The topological polar surface area (TPSA) is 58.6 Å². The number of rotatable bonds is 8. The Hall–Kier alpha value is -0.817. The summed E-state index contributed by atoms with van der Waals surface area (Å²) in [5, 5.41) is 7.78. The molecule has 1 atom stereocenters.